The summed E-state index contributed by atoms with van der Waals surface area (Å²) >= 11 is 0.942. The minimum atomic E-state index is -4.43. The normalized spacial score (nSPS) is 12.2. The second-order valence-electron chi connectivity index (χ2n) is 5.36. The molecule has 3 rings (SSSR count). The summed E-state index contributed by atoms with van der Waals surface area (Å²) in [6.45, 7) is 0.464. The summed E-state index contributed by atoms with van der Waals surface area (Å²) in [5, 5.41) is 15.3. The number of guanidine groups is 1. The van der Waals surface area contributed by atoms with Gasteiger partial charge in [0.2, 0.25) is 0 Å². The van der Waals surface area contributed by atoms with Crippen LogP contribution in [0, 0.1) is 0 Å². The Kier molecular flexibility index (Phi) is 5.69. The molecule has 2 aromatic heterocycles. The van der Waals surface area contributed by atoms with Crippen molar-refractivity contribution in [3.05, 3.63) is 58.6 Å². The molecule has 0 bridgehead atoms. The predicted octanol–water partition coefficient (Wildman–Crippen LogP) is 2.61. The van der Waals surface area contributed by atoms with Crippen molar-refractivity contribution >= 4 is 17.3 Å². The second kappa shape index (κ2) is 8.16. The average Bonchev–Trinajstić information content (AvgIpc) is 3.32. The number of para-hydroxylation sites is 1. The lowest BCUT2D eigenvalue weighted by Gasteiger charge is -2.11. The first-order chi connectivity index (χ1) is 13.0. The highest BCUT2D eigenvalue weighted by Gasteiger charge is 2.33. The molecule has 27 heavy (non-hydrogen) atoms. The summed E-state index contributed by atoms with van der Waals surface area (Å²) in [6.07, 6.45) is -2.83. The molecule has 0 radical (unpaired) electrons. The van der Waals surface area contributed by atoms with Crippen LogP contribution in [-0.4, -0.2) is 32.8 Å². The molecule has 0 saturated heterocycles. The third-order valence-electron chi connectivity index (χ3n) is 3.54. The Hall–Kier alpha value is -2.95. The molecule has 0 amide bonds. The predicted molar refractivity (Wildman–Crippen MR) is 95.5 cm³/mol. The maximum Gasteiger partial charge on any atom is 0.434 e. The fraction of sp³-hybridized carbons (Fsp3) is 0.250. The third-order valence-corrected chi connectivity index (χ3v) is 4.39. The van der Waals surface area contributed by atoms with Crippen LogP contribution in [0.2, 0.25) is 0 Å². The van der Waals surface area contributed by atoms with Crippen molar-refractivity contribution in [3.8, 4) is 5.69 Å². The molecular weight excluding hydrogens is 379 g/mol. The highest BCUT2D eigenvalue weighted by Crippen LogP contribution is 2.29. The summed E-state index contributed by atoms with van der Waals surface area (Å²) in [5.41, 5.74) is 0.0351. The Morgan fingerprint density at radius 3 is 2.59 bits per heavy atom. The monoisotopic (exact) mass is 395 g/mol. The summed E-state index contributed by atoms with van der Waals surface area (Å²) in [4.78, 5) is 7.63. The van der Waals surface area contributed by atoms with E-state index in [1.807, 2.05) is 34.9 Å². The molecule has 0 aliphatic heterocycles. The number of aromatic nitrogens is 4. The topological polar surface area (TPSA) is 80.0 Å². The van der Waals surface area contributed by atoms with Crippen molar-refractivity contribution in [2.24, 2.45) is 4.99 Å². The molecule has 7 nitrogen and oxygen atoms in total. The highest BCUT2D eigenvalue weighted by atomic mass is 32.1. The first kappa shape index (κ1) is 18.8. The van der Waals surface area contributed by atoms with Crippen molar-refractivity contribution in [3.63, 3.8) is 0 Å². The average molecular weight is 395 g/mol. The van der Waals surface area contributed by atoms with Crippen LogP contribution in [0.3, 0.4) is 0 Å². The van der Waals surface area contributed by atoms with Crippen molar-refractivity contribution in [1.82, 2.24) is 30.4 Å². The van der Waals surface area contributed by atoms with Gasteiger partial charge in [-0.25, -0.2) is 4.98 Å². The molecule has 0 aliphatic rings. The number of aliphatic imine (C=N–C) groups is 1. The number of nitrogens with zero attached hydrogens (tertiary/aromatic N) is 5. The Bertz CT molecular complexity index is 902. The van der Waals surface area contributed by atoms with E-state index in [2.05, 4.69) is 30.8 Å². The fourth-order valence-electron chi connectivity index (χ4n) is 2.25. The van der Waals surface area contributed by atoms with E-state index in [0.717, 1.165) is 22.4 Å². The molecule has 1 aromatic carbocycles. The number of nitrogens with one attached hydrogen (secondary N) is 2. The largest absolute Gasteiger partial charge is 0.434 e. The van der Waals surface area contributed by atoms with Crippen LogP contribution < -0.4 is 10.6 Å². The van der Waals surface area contributed by atoms with Gasteiger partial charge in [0.1, 0.15) is 11.3 Å². The standard InChI is InChI=1S/C16H16F3N7S/c1-20-15(22-8-14-24-12(9-27-14)16(17,18)19)21-7-13-25-23-10-26(13)11-5-3-2-4-6-11/h2-6,9-10H,7-8H2,1H3,(H2,20,21,22). The summed E-state index contributed by atoms with van der Waals surface area (Å²) < 4.78 is 39.6. The minimum absolute atomic E-state index is 0.131. The Labute approximate surface area is 157 Å². The maximum atomic E-state index is 12.6. The zero-order chi connectivity index (χ0) is 19.3. The molecule has 0 unspecified atom stereocenters. The second-order valence-corrected chi connectivity index (χ2v) is 6.30. The Balaban J connectivity index is 1.58. The lowest BCUT2D eigenvalue weighted by atomic mass is 10.3. The smallest absolute Gasteiger partial charge is 0.350 e. The fourth-order valence-corrected chi connectivity index (χ4v) is 2.99. The summed E-state index contributed by atoms with van der Waals surface area (Å²) in [7, 11) is 1.57. The Morgan fingerprint density at radius 1 is 1.19 bits per heavy atom. The van der Waals surface area contributed by atoms with Crippen molar-refractivity contribution in [2.45, 2.75) is 19.3 Å². The van der Waals surface area contributed by atoms with Gasteiger partial charge in [-0.15, -0.1) is 21.5 Å². The van der Waals surface area contributed by atoms with Crippen molar-refractivity contribution in [1.29, 1.82) is 0 Å². The van der Waals surface area contributed by atoms with E-state index in [0.29, 0.717) is 23.3 Å². The van der Waals surface area contributed by atoms with Gasteiger partial charge in [-0.3, -0.25) is 9.56 Å². The lowest BCUT2D eigenvalue weighted by Crippen LogP contribution is -2.37. The lowest BCUT2D eigenvalue weighted by molar-refractivity contribution is -0.140. The number of halogens is 3. The molecule has 3 aromatic rings. The zero-order valence-corrected chi connectivity index (χ0v) is 15.1. The molecule has 0 fully saturated rings. The number of rotatable bonds is 5. The van der Waals surface area contributed by atoms with Gasteiger partial charge in [-0.2, -0.15) is 13.2 Å². The van der Waals surface area contributed by atoms with Gasteiger partial charge in [-0.1, -0.05) is 18.2 Å². The van der Waals surface area contributed by atoms with Crippen LogP contribution >= 0.6 is 11.3 Å². The first-order valence-electron chi connectivity index (χ1n) is 7.88. The summed E-state index contributed by atoms with van der Waals surface area (Å²) in [6, 6.07) is 9.61. The van der Waals surface area contributed by atoms with Crippen LogP contribution in [0.1, 0.15) is 16.5 Å². The van der Waals surface area contributed by atoms with E-state index in [-0.39, 0.29) is 6.54 Å². The third kappa shape index (κ3) is 4.82. The number of thiazole rings is 1. The molecule has 2 heterocycles. The number of hydrogen-bond acceptors (Lipinski definition) is 5. The number of alkyl halides is 3. The number of benzene rings is 1. The molecule has 11 heteroatoms. The van der Waals surface area contributed by atoms with Gasteiger partial charge in [0, 0.05) is 18.1 Å². The zero-order valence-electron chi connectivity index (χ0n) is 14.2. The molecule has 2 N–H and O–H groups in total. The number of hydrogen-bond donors (Lipinski definition) is 2. The highest BCUT2D eigenvalue weighted by molar-refractivity contribution is 7.09. The molecular formula is C16H16F3N7S. The minimum Gasteiger partial charge on any atom is -0.350 e. The van der Waals surface area contributed by atoms with Gasteiger partial charge in [0.05, 0.1) is 13.1 Å². The van der Waals surface area contributed by atoms with Gasteiger partial charge < -0.3 is 10.6 Å². The van der Waals surface area contributed by atoms with E-state index in [1.165, 1.54) is 0 Å². The molecule has 0 saturated carbocycles. The van der Waals surface area contributed by atoms with Crippen LogP contribution in [0.4, 0.5) is 13.2 Å². The van der Waals surface area contributed by atoms with Crippen LogP contribution in [-0.2, 0) is 19.3 Å². The van der Waals surface area contributed by atoms with E-state index in [1.54, 1.807) is 13.4 Å². The molecule has 142 valence electrons. The Morgan fingerprint density at radius 2 is 1.93 bits per heavy atom. The summed E-state index contributed by atoms with van der Waals surface area (Å²) in [5.74, 6) is 1.08. The van der Waals surface area contributed by atoms with E-state index in [4.69, 9.17) is 0 Å². The van der Waals surface area contributed by atoms with Crippen molar-refractivity contribution < 1.29 is 13.2 Å². The molecule has 0 spiro atoms. The van der Waals surface area contributed by atoms with Crippen molar-refractivity contribution in [2.75, 3.05) is 7.05 Å². The quantitative estimate of drug-likeness (QED) is 0.513. The van der Waals surface area contributed by atoms with E-state index >= 15 is 0 Å². The van der Waals surface area contributed by atoms with Crippen LogP contribution in [0.25, 0.3) is 5.69 Å². The van der Waals surface area contributed by atoms with E-state index < -0.39 is 11.9 Å². The first-order valence-corrected chi connectivity index (χ1v) is 8.76. The van der Waals surface area contributed by atoms with E-state index in [9.17, 15) is 13.2 Å². The maximum absolute atomic E-state index is 12.6. The van der Waals surface area contributed by atoms with Gasteiger partial charge >= 0.3 is 6.18 Å². The van der Waals surface area contributed by atoms with Gasteiger partial charge in [0.25, 0.3) is 0 Å². The SMILES string of the molecule is CN=C(NCc1nc(C(F)(F)F)cs1)NCc1nncn1-c1ccccc1. The molecule has 0 aliphatic carbocycles. The van der Waals surface area contributed by atoms with Crippen LogP contribution in [0.15, 0.2) is 47.0 Å². The van der Waals surface area contributed by atoms with Crippen LogP contribution in [0.5, 0.6) is 0 Å². The molecule has 0 atom stereocenters. The van der Waals surface area contributed by atoms with Gasteiger partial charge in [-0.05, 0) is 12.1 Å². The van der Waals surface area contributed by atoms with Gasteiger partial charge in [0.15, 0.2) is 17.5 Å².